The summed E-state index contributed by atoms with van der Waals surface area (Å²) in [5.74, 6) is 2.89. The van der Waals surface area contributed by atoms with Crippen LogP contribution in [0.15, 0.2) is 132 Å². The van der Waals surface area contributed by atoms with Crippen molar-refractivity contribution in [2.45, 2.75) is 123 Å². The summed E-state index contributed by atoms with van der Waals surface area (Å²) in [6, 6.07) is 31.5. The molecule has 0 spiro atoms. The molecule has 4 aromatic carbocycles. The highest BCUT2D eigenvalue weighted by Crippen LogP contribution is 2.36. The van der Waals surface area contributed by atoms with Crippen molar-refractivity contribution in [1.82, 2.24) is 0 Å². The minimum Gasteiger partial charge on any atom is -0.744 e. The molecule has 63 heavy (non-hydrogen) atoms. The molecule has 0 fully saturated rings. The monoisotopic (exact) mass is 873 g/mol. The average molecular weight is 873 g/mol. The molecule has 5 rings (SSSR count). The number of rotatable bonds is 26. The molecule has 338 valence electrons. The number of nitrogens with zero attached hydrogens (tertiary/aromatic N) is 2. The smallest absolute Gasteiger partial charge is 0.205 e. The number of unbranched alkanes of at least 4 members (excludes halogenated alkanes) is 4. The van der Waals surface area contributed by atoms with Crippen LogP contribution >= 0.6 is 0 Å². The number of allylic oxidation sites excluding steroid dienone is 5. The molecule has 0 aliphatic heterocycles. The van der Waals surface area contributed by atoms with E-state index in [9.17, 15) is 13.0 Å². The Kier molecular flexibility index (Phi) is 19.8. The highest BCUT2D eigenvalue weighted by atomic mass is 32.2. The molecule has 2 atom stereocenters. The minimum absolute atomic E-state index is 0.238. The lowest BCUT2D eigenvalue weighted by molar-refractivity contribution is -0.439. The Morgan fingerprint density at radius 2 is 1.13 bits per heavy atom. The SMILES string of the molecule is CCCCC(CC)COc1ccc(N(CCCC)c2ccc(C(=C3C=CC(=[N+](CCCC)c4ccc(OCC(CC)CCCC)cc4)C=C3)c3ccccc3S(=O)(=O)[O-])cc2)cc1. The van der Waals surface area contributed by atoms with Crippen LogP contribution in [0.2, 0.25) is 0 Å². The van der Waals surface area contributed by atoms with Gasteiger partial charge in [-0.05, 0) is 115 Å². The van der Waals surface area contributed by atoms with E-state index in [1.807, 2.05) is 24.3 Å². The fourth-order valence-electron chi connectivity index (χ4n) is 8.10. The van der Waals surface area contributed by atoms with Gasteiger partial charge in [-0.2, -0.15) is 4.58 Å². The summed E-state index contributed by atoms with van der Waals surface area (Å²) in [6.07, 6.45) is 21.8. The summed E-state index contributed by atoms with van der Waals surface area (Å²) < 4.78 is 53.0. The van der Waals surface area contributed by atoms with Gasteiger partial charge in [0, 0.05) is 54.2 Å². The Morgan fingerprint density at radius 3 is 1.63 bits per heavy atom. The second-order valence-electron chi connectivity index (χ2n) is 16.9. The molecule has 0 aromatic heterocycles. The Labute approximate surface area is 380 Å². The second-order valence-corrected chi connectivity index (χ2v) is 18.2. The first-order valence-electron chi connectivity index (χ1n) is 23.8. The molecule has 8 heteroatoms. The largest absolute Gasteiger partial charge is 0.744 e. The van der Waals surface area contributed by atoms with E-state index in [4.69, 9.17) is 9.47 Å². The lowest BCUT2D eigenvalue weighted by Gasteiger charge is -2.26. The molecular weight excluding hydrogens is 801 g/mol. The van der Waals surface area contributed by atoms with Crippen molar-refractivity contribution in [3.63, 3.8) is 0 Å². The van der Waals surface area contributed by atoms with E-state index in [0.717, 1.165) is 110 Å². The first kappa shape index (κ1) is 49.1. The van der Waals surface area contributed by atoms with Gasteiger partial charge in [0.15, 0.2) is 0 Å². The number of hydrogen-bond donors (Lipinski definition) is 0. The van der Waals surface area contributed by atoms with Crippen molar-refractivity contribution < 1.29 is 27.0 Å². The third kappa shape index (κ3) is 14.3. The average Bonchev–Trinajstić information content (AvgIpc) is 3.31. The van der Waals surface area contributed by atoms with Crippen molar-refractivity contribution in [3.05, 3.63) is 138 Å². The van der Waals surface area contributed by atoms with Crippen molar-refractivity contribution >= 4 is 38.5 Å². The van der Waals surface area contributed by atoms with Crippen LogP contribution in [0.3, 0.4) is 0 Å². The minimum atomic E-state index is -4.78. The summed E-state index contributed by atoms with van der Waals surface area (Å²) in [5, 5.41) is 0. The van der Waals surface area contributed by atoms with Gasteiger partial charge < -0.3 is 18.9 Å². The van der Waals surface area contributed by atoms with Gasteiger partial charge in [-0.15, -0.1) is 0 Å². The molecule has 0 saturated heterocycles. The van der Waals surface area contributed by atoms with Crippen LogP contribution in [0.4, 0.5) is 17.1 Å². The zero-order chi connectivity index (χ0) is 45.0. The molecule has 1 aliphatic rings. The summed E-state index contributed by atoms with van der Waals surface area (Å²) >= 11 is 0. The van der Waals surface area contributed by atoms with Gasteiger partial charge in [0.25, 0.3) is 0 Å². The van der Waals surface area contributed by atoms with E-state index in [0.29, 0.717) is 23.0 Å². The maximum Gasteiger partial charge on any atom is 0.205 e. The van der Waals surface area contributed by atoms with Gasteiger partial charge in [0.05, 0.1) is 18.1 Å². The maximum atomic E-state index is 12.7. The Morgan fingerprint density at radius 1 is 0.619 bits per heavy atom. The standard InChI is InChI=1S/C55H72N2O5S/c1-7-13-19-43(11-5)41-61-51-35-31-49(32-36-51)56(39-15-9-3)47-27-23-45(24-28-47)55(53-21-17-18-22-54(53)63(58,59)60)46-25-29-48(30-26-46)57(40-16-10-4)50-33-37-52(38-34-50)62-42-44(12-6)20-14-8-2/h17-18,21-38,43-44H,7-16,19-20,39-42H2,1-6H3. The molecule has 1 aliphatic carbocycles. The zero-order valence-electron chi connectivity index (χ0n) is 38.9. The van der Waals surface area contributed by atoms with Crippen LogP contribution in [0.1, 0.15) is 130 Å². The van der Waals surface area contributed by atoms with Crippen LogP contribution in [0.5, 0.6) is 11.5 Å². The molecule has 0 heterocycles. The molecule has 4 aromatic rings. The van der Waals surface area contributed by atoms with E-state index in [-0.39, 0.29) is 4.90 Å². The number of benzene rings is 4. The first-order chi connectivity index (χ1) is 30.6. The Bertz CT molecular complexity index is 2220. The fraction of sp³-hybridized carbons (Fsp3) is 0.436. The number of hydrogen-bond acceptors (Lipinski definition) is 6. The summed E-state index contributed by atoms with van der Waals surface area (Å²) in [4.78, 5) is 2.08. The maximum absolute atomic E-state index is 12.7. The van der Waals surface area contributed by atoms with Crippen molar-refractivity contribution in [1.29, 1.82) is 0 Å². The molecule has 0 amide bonds. The van der Waals surface area contributed by atoms with Gasteiger partial charge in [-0.25, -0.2) is 8.42 Å². The highest BCUT2D eigenvalue weighted by molar-refractivity contribution is 7.85. The van der Waals surface area contributed by atoms with Crippen LogP contribution in [-0.2, 0) is 10.1 Å². The van der Waals surface area contributed by atoms with Crippen LogP contribution in [0.25, 0.3) is 5.57 Å². The lowest BCUT2D eigenvalue weighted by Crippen LogP contribution is -2.18. The normalized spacial score (nSPS) is 13.5. The van der Waals surface area contributed by atoms with Crippen molar-refractivity contribution in [2.75, 3.05) is 31.2 Å². The quantitative estimate of drug-likeness (QED) is 0.0462. The van der Waals surface area contributed by atoms with Crippen molar-refractivity contribution in [3.8, 4) is 11.5 Å². The van der Waals surface area contributed by atoms with Crippen LogP contribution in [0, 0.1) is 11.8 Å². The molecule has 7 nitrogen and oxygen atoms in total. The van der Waals surface area contributed by atoms with Crippen LogP contribution < -0.4 is 14.4 Å². The van der Waals surface area contributed by atoms with Gasteiger partial charge in [-0.1, -0.05) is 123 Å². The molecule has 0 N–H and O–H groups in total. The highest BCUT2D eigenvalue weighted by Gasteiger charge is 2.21. The summed E-state index contributed by atoms with van der Waals surface area (Å²) in [6.45, 7) is 16.5. The van der Waals surface area contributed by atoms with E-state index in [1.165, 1.54) is 44.6 Å². The third-order valence-electron chi connectivity index (χ3n) is 12.2. The zero-order valence-corrected chi connectivity index (χ0v) is 39.7. The Hall–Kier alpha value is -4.92. The predicted octanol–water partition coefficient (Wildman–Crippen LogP) is 14.2. The molecule has 2 unspecified atom stereocenters. The molecule has 0 radical (unpaired) electrons. The molecule has 0 bridgehead atoms. The third-order valence-corrected chi connectivity index (χ3v) is 13.1. The number of ether oxygens (including phenoxy) is 2. The van der Waals surface area contributed by atoms with Gasteiger partial charge in [0.1, 0.15) is 28.2 Å². The number of anilines is 2. The molecule has 0 saturated carbocycles. The van der Waals surface area contributed by atoms with E-state index < -0.39 is 10.1 Å². The second kappa shape index (κ2) is 25.4. The predicted molar refractivity (Wildman–Crippen MR) is 262 cm³/mol. The van der Waals surface area contributed by atoms with Gasteiger partial charge in [0.2, 0.25) is 11.4 Å². The Balaban J connectivity index is 1.48. The van der Waals surface area contributed by atoms with Crippen LogP contribution in [-0.4, -0.2) is 49.6 Å². The van der Waals surface area contributed by atoms with E-state index >= 15 is 0 Å². The summed E-state index contributed by atoms with van der Waals surface area (Å²) in [5.41, 5.74) is 6.89. The van der Waals surface area contributed by atoms with Crippen molar-refractivity contribution in [2.24, 2.45) is 11.8 Å². The lowest BCUT2D eigenvalue weighted by atomic mass is 9.90. The van der Waals surface area contributed by atoms with E-state index in [2.05, 4.69) is 124 Å². The summed E-state index contributed by atoms with van der Waals surface area (Å²) in [7, 11) is -4.78. The molecular formula is C55H72N2O5S. The fourth-order valence-corrected chi connectivity index (χ4v) is 8.79. The van der Waals surface area contributed by atoms with Gasteiger partial charge >= 0.3 is 0 Å². The van der Waals surface area contributed by atoms with Gasteiger partial charge in [-0.3, -0.25) is 0 Å². The topological polar surface area (TPSA) is 81.9 Å². The van der Waals surface area contributed by atoms with E-state index in [1.54, 1.807) is 18.2 Å². The first-order valence-corrected chi connectivity index (χ1v) is 25.2.